The highest BCUT2D eigenvalue weighted by Gasteiger charge is 2.21. The summed E-state index contributed by atoms with van der Waals surface area (Å²) in [7, 11) is 0. The van der Waals surface area contributed by atoms with Crippen LogP contribution in [0, 0.1) is 5.41 Å². The first-order valence-corrected chi connectivity index (χ1v) is 7.38. The molecule has 0 N–H and O–H groups in total. The maximum absolute atomic E-state index is 3.93. The highest BCUT2D eigenvalue weighted by molar-refractivity contribution is 4.83. The van der Waals surface area contributed by atoms with Crippen LogP contribution in [0.3, 0.4) is 0 Å². The van der Waals surface area contributed by atoms with Gasteiger partial charge in [0.15, 0.2) is 0 Å². The van der Waals surface area contributed by atoms with Crippen LogP contribution in [0.4, 0.5) is 0 Å². The van der Waals surface area contributed by atoms with Crippen LogP contribution in [0.15, 0.2) is 12.7 Å². The average Bonchev–Trinajstić information content (AvgIpc) is 2.24. The van der Waals surface area contributed by atoms with Gasteiger partial charge in [-0.15, -0.1) is 6.58 Å². The van der Waals surface area contributed by atoms with Crippen molar-refractivity contribution in [2.45, 2.75) is 84.0 Å². The Hall–Kier alpha value is -0.260. The van der Waals surface area contributed by atoms with Crippen molar-refractivity contribution >= 4 is 0 Å². The van der Waals surface area contributed by atoms with Crippen molar-refractivity contribution in [2.24, 2.45) is 5.41 Å². The summed E-state index contributed by atoms with van der Waals surface area (Å²) in [6.45, 7) is 6.40. The van der Waals surface area contributed by atoms with E-state index < -0.39 is 0 Å². The Labute approximate surface area is 103 Å². The SMILES string of the molecule is C=CCC1(C)CCCCCCCCCCC1. The molecule has 1 saturated carbocycles. The van der Waals surface area contributed by atoms with Gasteiger partial charge in [0, 0.05) is 0 Å². The Morgan fingerprint density at radius 1 is 0.812 bits per heavy atom. The molecule has 0 aromatic carbocycles. The second kappa shape index (κ2) is 7.92. The minimum absolute atomic E-state index is 0.556. The molecule has 16 heavy (non-hydrogen) atoms. The Bertz CT molecular complexity index is 168. The lowest BCUT2D eigenvalue weighted by Gasteiger charge is -2.29. The fourth-order valence-corrected chi connectivity index (χ4v) is 3.02. The lowest BCUT2D eigenvalue weighted by molar-refractivity contribution is 0.252. The molecule has 1 fully saturated rings. The molecule has 0 saturated heterocycles. The summed E-state index contributed by atoms with van der Waals surface area (Å²) in [5.74, 6) is 0. The summed E-state index contributed by atoms with van der Waals surface area (Å²) in [6, 6.07) is 0. The van der Waals surface area contributed by atoms with E-state index in [-0.39, 0.29) is 0 Å². The van der Waals surface area contributed by atoms with E-state index in [1.54, 1.807) is 0 Å². The van der Waals surface area contributed by atoms with E-state index >= 15 is 0 Å². The molecule has 0 heteroatoms. The Balaban J connectivity index is 2.38. The molecule has 0 unspecified atom stereocenters. The zero-order valence-corrected chi connectivity index (χ0v) is 11.3. The Morgan fingerprint density at radius 3 is 1.56 bits per heavy atom. The van der Waals surface area contributed by atoms with Crippen molar-refractivity contribution in [1.82, 2.24) is 0 Å². The summed E-state index contributed by atoms with van der Waals surface area (Å²) in [6.07, 6.45) is 19.3. The van der Waals surface area contributed by atoms with Crippen LogP contribution in [0.1, 0.15) is 84.0 Å². The maximum Gasteiger partial charge on any atom is -0.0291 e. The molecule has 0 aromatic rings. The predicted octanol–water partition coefficient (Wildman–Crippen LogP) is 5.87. The molecule has 94 valence electrons. The highest BCUT2D eigenvalue weighted by Crippen LogP contribution is 2.35. The molecule has 1 aliphatic carbocycles. The van der Waals surface area contributed by atoms with Gasteiger partial charge in [-0.2, -0.15) is 0 Å². The molecule has 0 aromatic heterocycles. The molecule has 0 atom stereocenters. The number of hydrogen-bond donors (Lipinski definition) is 0. The zero-order valence-electron chi connectivity index (χ0n) is 11.3. The molecule has 0 nitrogen and oxygen atoms in total. The molecule has 0 aliphatic heterocycles. The van der Waals surface area contributed by atoms with Crippen LogP contribution < -0.4 is 0 Å². The molecule has 0 radical (unpaired) electrons. The molecular formula is C16H30. The molecule has 0 heterocycles. The monoisotopic (exact) mass is 222 g/mol. The molecule has 0 spiro atoms. The van der Waals surface area contributed by atoms with Crippen molar-refractivity contribution < 1.29 is 0 Å². The molecule has 0 amide bonds. The van der Waals surface area contributed by atoms with Crippen molar-refractivity contribution in [1.29, 1.82) is 0 Å². The molecule has 1 aliphatic rings. The molecule has 0 bridgehead atoms. The van der Waals surface area contributed by atoms with Gasteiger partial charge in [0.1, 0.15) is 0 Å². The number of allylic oxidation sites excluding steroid dienone is 1. The maximum atomic E-state index is 3.93. The van der Waals surface area contributed by atoms with Crippen LogP contribution in [-0.2, 0) is 0 Å². The van der Waals surface area contributed by atoms with Gasteiger partial charge >= 0.3 is 0 Å². The summed E-state index contributed by atoms with van der Waals surface area (Å²) >= 11 is 0. The van der Waals surface area contributed by atoms with Crippen molar-refractivity contribution in [3.8, 4) is 0 Å². The second-order valence-electron chi connectivity index (χ2n) is 5.99. The molecule has 1 rings (SSSR count). The fraction of sp³-hybridized carbons (Fsp3) is 0.875. The standard InChI is InChI=1S/C16H30/c1-3-13-16(2)14-11-9-7-5-4-6-8-10-12-15-16/h3H,1,4-15H2,2H3. The number of hydrogen-bond acceptors (Lipinski definition) is 0. The third-order valence-corrected chi connectivity index (χ3v) is 4.20. The van der Waals surface area contributed by atoms with Crippen LogP contribution in [0.25, 0.3) is 0 Å². The van der Waals surface area contributed by atoms with E-state index in [1.807, 2.05) is 0 Å². The van der Waals surface area contributed by atoms with Gasteiger partial charge in [-0.05, 0) is 24.7 Å². The lowest BCUT2D eigenvalue weighted by atomic mass is 9.77. The van der Waals surface area contributed by atoms with Crippen LogP contribution in [0.2, 0.25) is 0 Å². The van der Waals surface area contributed by atoms with E-state index in [9.17, 15) is 0 Å². The first kappa shape index (κ1) is 13.8. The lowest BCUT2D eigenvalue weighted by Crippen LogP contribution is -2.15. The summed E-state index contributed by atoms with van der Waals surface area (Å²) in [4.78, 5) is 0. The molecular weight excluding hydrogens is 192 g/mol. The average molecular weight is 222 g/mol. The smallest absolute Gasteiger partial charge is 0.0291 e. The van der Waals surface area contributed by atoms with Crippen molar-refractivity contribution in [3.63, 3.8) is 0 Å². The van der Waals surface area contributed by atoms with Gasteiger partial charge in [-0.1, -0.05) is 70.8 Å². The van der Waals surface area contributed by atoms with E-state index in [1.165, 1.54) is 77.0 Å². The number of rotatable bonds is 2. The zero-order chi connectivity index (χ0) is 11.7. The van der Waals surface area contributed by atoms with E-state index in [2.05, 4.69) is 19.6 Å². The Morgan fingerprint density at radius 2 is 1.19 bits per heavy atom. The van der Waals surface area contributed by atoms with Crippen LogP contribution in [0.5, 0.6) is 0 Å². The van der Waals surface area contributed by atoms with Gasteiger partial charge in [-0.3, -0.25) is 0 Å². The van der Waals surface area contributed by atoms with E-state index in [4.69, 9.17) is 0 Å². The second-order valence-corrected chi connectivity index (χ2v) is 5.99. The fourth-order valence-electron chi connectivity index (χ4n) is 3.02. The Kier molecular flexibility index (Phi) is 6.84. The third-order valence-electron chi connectivity index (χ3n) is 4.20. The minimum atomic E-state index is 0.556. The highest BCUT2D eigenvalue weighted by atomic mass is 14.3. The van der Waals surface area contributed by atoms with Gasteiger partial charge < -0.3 is 0 Å². The minimum Gasteiger partial charge on any atom is -0.103 e. The van der Waals surface area contributed by atoms with E-state index in [0.29, 0.717) is 5.41 Å². The summed E-state index contributed by atoms with van der Waals surface area (Å²) in [5, 5.41) is 0. The summed E-state index contributed by atoms with van der Waals surface area (Å²) < 4.78 is 0. The van der Waals surface area contributed by atoms with Crippen LogP contribution >= 0.6 is 0 Å². The van der Waals surface area contributed by atoms with E-state index in [0.717, 1.165) is 0 Å². The summed E-state index contributed by atoms with van der Waals surface area (Å²) in [5.41, 5.74) is 0.556. The largest absolute Gasteiger partial charge is 0.103 e. The third kappa shape index (κ3) is 5.72. The normalized spacial score (nSPS) is 24.1. The predicted molar refractivity (Wildman–Crippen MR) is 73.7 cm³/mol. The van der Waals surface area contributed by atoms with Crippen LogP contribution in [-0.4, -0.2) is 0 Å². The van der Waals surface area contributed by atoms with Gasteiger partial charge in [0.05, 0.1) is 0 Å². The quantitative estimate of drug-likeness (QED) is 0.512. The van der Waals surface area contributed by atoms with Gasteiger partial charge in [0.25, 0.3) is 0 Å². The van der Waals surface area contributed by atoms with Crippen molar-refractivity contribution in [2.75, 3.05) is 0 Å². The first-order valence-electron chi connectivity index (χ1n) is 7.38. The topological polar surface area (TPSA) is 0 Å². The van der Waals surface area contributed by atoms with Gasteiger partial charge in [0.2, 0.25) is 0 Å². The first-order chi connectivity index (χ1) is 7.77. The van der Waals surface area contributed by atoms with Gasteiger partial charge in [-0.25, -0.2) is 0 Å². The van der Waals surface area contributed by atoms with Crippen molar-refractivity contribution in [3.05, 3.63) is 12.7 Å².